The number of hydrogen-bond acceptors (Lipinski definition) is 3. The number of hydrogen-bond donors (Lipinski definition) is 1. The van der Waals surface area contributed by atoms with Crippen molar-refractivity contribution >= 4 is 15.9 Å². The highest BCUT2D eigenvalue weighted by Gasteiger charge is 2.00. The van der Waals surface area contributed by atoms with Crippen LogP contribution in [0.5, 0.6) is 0 Å². The van der Waals surface area contributed by atoms with Crippen LogP contribution in [-0.4, -0.2) is 27.1 Å². The van der Waals surface area contributed by atoms with E-state index >= 15 is 0 Å². The summed E-state index contributed by atoms with van der Waals surface area (Å²) in [6.45, 7) is 2.28. The zero-order valence-electron chi connectivity index (χ0n) is 10.2. The summed E-state index contributed by atoms with van der Waals surface area (Å²) in [6.07, 6.45) is 2.99. The van der Waals surface area contributed by atoms with Gasteiger partial charge in [-0.05, 0) is 25.3 Å². The molecule has 4 nitrogen and oxygen atoms in total. The number of benzene rings is 1. The van der Waals surface area contributed by atoms with Gasteiger partial charge in [0.1, 0.15) is 5.84 Å². The van der Waals surface area contributed by atoms with Crippen molar-refractivity contribution in [3.8, 4) is 0 Å². The number of nitrogens with zero attached hydrogens (tertiary/aromatic N) is 1. The van der Waals surface area contributed by atoms with Crippen molar-refractivity contribution in [1.29, 1.82) is 0 Å². The second kappa shape index (κ2) is 6.39. The Morgan fingerprint density at radius 3 is 2.53 bits per heavy atom. The highest BCUT2D eigenvalue weighted by Crippen LogP contribution is 2.02. The van der Waals surface area contributed by atoms with Crippen molar-refractivity contribution in [1.82, 2.24) is 4.72 Å². The summed E-state index contributed by atoms with van der Waals surface area (Å²) in [6, 6.07) is 10.2. The van der Waals surface area contributed by atoms with Crippen LogP contribution in [0.2, 0.25) is 0 Å². The van der Waals surface area contributed by atoms with Crippen molar-refractivity contribution in [2.75, 3.05) is 12.8 Å². The van der Waals surface area contributed by atoms with Crippen LogP contribution in [0.25, 0.3) is 0 Å². The number of rotatable bonds is 5. The average molecular weight is 254 g/mol. The molecule has 0 aromatic heterocycles. The van der Waals surface area contributed by atoms with Gasteiger partial charge in [0.15, 0.2) is 0 Å². The first-order valence-corrected chi connectivity index (χ1v) is 7.39. The van der Waals surface area contributed by atoms with Crippen molar-refractivity contribution in [2.24, 2.45) is 4.99 Å². The van der Waals surface area contributed by atoms with Crippen LogP contribution in [0, 0.1) is 0 Å². The van der Waals surface area contributed by atoms with Crippen LogP contribution < -0.4 is 4.72 Å². The molecular formula is C12H18N2O2S. The first-order valence-electron chi connectivity index (χ1n) is 5.50. The summed E-state index contributed by atoms with van der Waals surface area (Å²) in [7, 11) is -3.19. The molecule has 0 atom stereocenters. The fraction of sp³-hybridized carbons (Fsp3) is 0.417. The maximum absolute atomic E-state index is 10.9. The van der Waals surface area contributed by atoms with Crippen LogP contribution in [-0.2, 0) is 16.4 Å². The monoisotopic (exact) mass is 254 g/mol. The third-order valence-corrected chi connectivity index (χ3v) is 2.81. The number of aliphatic imine (C=N–C) groups is 1. The predicted molar refractivity (Wildman–Crippen MR) is 70.7 cm³/mol. The SMILES string of the molecule is CC(=NCCCc1ccccc1)NS(C)(=O)=O. The molecule has 0 unspecified atom stereocenters. The van der Waals surface area contributed by atoms with Gasteiger partial charge < -0.3 is 0 Å². The van der Waals surface area contributed by atoms with E-state index in [2.05, 4.69) is 21.8 Å². The summed E-state index contributed by atoms with van der Waals surface area (Å²) >= 11 is 0. The lowest BCUT2D eigenvalue weighted by Crippen LogP contribution is -2.27. The van der Waals surface area contributed by atoms with Crippen LogP contribution in [0.3, 0.4) is 0 Å². The van der Waals surface area contributed by atoms with Gasteiger partial charge in [-0.2, -0.15) is 0 Å². The molecule has 5 heteroatoms. The van der Waals surface area contributed by atoms with E-state index in [-0.39, 0.29) is 0 Å². The summed E-state index contributed by atoms with van der Waals surface area (Å²) in [5.74, 6) is 0.445. The minimum absolute atomic E-state index is 0.445. The van der Waals surface area contributed by atoms with Gasteiger partial charge in [-0.15, -0.1) is 0 Å². The van der Waals surface area contributed by atoms with E-state index in [0.717, 1.165) is 19.1 Å². The number of nitrogens with one attached hydrogen (secondary N) is 1. The minimum Gasteiger partial charge on any atom is -0.272 e. The molecule has 1 N–H and O–H groups in total. The van der Waals surface area contributed by atoms with Gasteiger partial charge >= 0.3 is 0 Å². The van der Waals surface area contributed by atoms with E-state index in [4.69, 9.17) is 0 Å². The highest BCUT2D eigenvalue weighted by molar-refractivity contribution is 7.89. The Hall–Kier alpha value is -1.36. The molecule has 0 fully saturated rings. The molecule has 0 amide bonds. The molecular weight excluding hydrogens is 236 g/mol. The molecule has 0 aliphatic carbocycles. The smallest absolute Gasteiger partial charge is 0.230 e. The molecule has 0 heterocycles. The number of aryl methyl sites for hydroxylation is 1. The summed E-state index contributed by atoms with van der Waals surface area (Å²) < 4.78 is 24.1. The van der Waals surface area contributed by atoms with Gasteiger partial charge in [0.2, 0.25) is 10.0 Å². The van der Waals surface area contributed by atoms with E-state index < -0.39 is 10.0 Å². The fourth-order valence-electron chi connectivity index (χ4n) is 1.48. The lowest BCUT2D eigenvalue weighted by Gasteiger charge is -2.03. The maximum Gasteiger partial charge on any atom is 0.230 e. The molecule has 94 valence electrons. The molecule has 0 aliphatic heterocycles. The Morgan fingerprint density at radius 2 is 1.94 bits per heavy atom. The quantitative estimate of drug-likeness (QED) is 0.493. The normalized spacial score (nSPS) is 12.5. The third-order valence-electron chi connectivity index (χ3n) is 2.15. The van der Waals surface area contributed by atoms with Crippen LogP contribution >= 0.6 is 0 Å². The molecule has 0 bridgehead atoms. The predicted octanol–water partition coefficient (Wildman–Crippen LogP) is 1.59. The number of amidine groups is 1. The van der Waals surface area contributed by atoms with Gasteiger partial charge in [-0.1, -0.05) is 30.3 Å². The van der Waals surface area contributed by atoms with Crippen molar-refractivity contribution in [3.63, 3.8) is 0 Å². The second-order valence-corrected chi connectivity index (χ2v) is 5.68. The first kappa shape index (κ1) is 13.7. The van der Waals surface area contributed by atoms with Gasteiger partial charge in [0.25, 0.3) is 0 Å². The van der Waals surface area contributed by atoms with Gasteiger partial charge in [-0.25, -0.2) is 8.42 Å². The largest absolute Gasteiger partial charge is 0.272 e. The lowest BCUT2D eigenvalue weighted by atomic mass is 10.1. The van der Waals surface area contributed by atoms with E-state index in [1.165, 1.54) is 5.56 Å². The Labute approximate surface area is 103 Å². The molecule has 17 heavy (non-hydrogen) atoms. The Balaban J connectivity index is 2.31. The molecule has 0 radical (unpaired) electrons. The maximum atomic E-state index is 10.9. The number of sulfonamides is 1. The van der Waals surface area contributed by atoms with E-state index in [1.54, 1.807) is 6.92 Å². The van der Waals surface area contributed by atoms with Crippen LogP contribution in [0.4, 0.5) is 0 Å². The van der Waals surface area contributed by atoms with Crippen molar-refractivity contribution in [3.05, 3.63) is 35.9 Å². The van der Waals surface area contributed by atoms with E-state index in [0.29, 0.717) is 12.4 Å². The third kappa shape index (κ3) is 6.73. The zero-order valence-corrected chi connectivity index (χ0v) is 11.0. The average Bonchev–Trinajstić information content (AvgIpc) is 2.23. The molecule has 0 saturated heterocycles. The second-order valence-electron chi connectivity index (χ2n) is 3.93. The Morgan fingerprint density at radius 1 is 1.29 bits per heavy atom. The molecule has 0 spiro atoms. The van der Waals surface area contributed by atoms with E-state index in [1.807, 2.05) is 18.2 Å². The van der Waals surface area contributed by atoms with Gasteiger partial charge in [0.05, 0.1) is 6.26 Å². The van der Waals surface area contributed by atoms with E-state index in [9.17, 15) is 8.42 Å². The van der Waals surface area contributed by atoms with Gasteiger partial charge in [-0.3, -0.25) is 9.71 Å². The summed E-state index contributed by atoms with van der Waals surface area (Å²) in [4.78, 5) is 4.15. The van der Waals surface area contributed by atoms with Crippen molar-refractivity contribution < 1.29 is 8.42 Å². The standard InChI is InChI=1S/C12H18N2O2S/c1-11(14-17(2,15)16)13-10-6-9-12-7-4-3-5-8-12/h3-5,7-8H,6,9-10H2,1-2H3,(H,13,14). The zero-order chi connectivity index (χ0) is 12.7. The topological polar surface area (TPSA) is 58.5 Å². The summed E-state index contributed by atoms with van der Waals surface area (Å²) in [5.41, 5.74) is 1.27. The van der Waals surface area contributed by atoms with Crippen LogP contribution in [0.1, 0.15) is 18.9 Å². The van der Waals surface area contributed by atoms with Crippen molar-refractivity contribution in [2.45, 2.75) is 19.8 Å². The minimum atomic E-state index is -3.19. The molecule has 1 rings (SSSR count). The molecule has 1 aromatic carbocycles. The molecule has 0 saturated carbocycles. The Kier molecular flexibility index (Phi) is 5.15. The molecule has 1 aromatic rings. The highest BCUT2D eigenvalue weighted by atomic mass is 32.2. The first-order chi connectivity index (χ1) is 7.97. The fourth-order valence-corrected chi connectivity index (χ4v) is 2.08. The van der Waals surface area contributed by atoms with Gasteiger partial charge in [0, 0.05) is 6.54 Å². The lowest BCUT2D eigenvalue weighted by molar-refractivity contribution is 0.598. The van der Waals surface area contributed by atoms with Crippen LogP contribution in [0.15, 0.2) is 35.3 Å². The summed E-state index contributed by atoms with van der Waals surface area (Å²) in [5, 5.41) is 0. The molecule has 0 aliphatic rings. The Bertz CT molecular complexity index is 467.